The molecule has 0 aromatic carbocycles. The Morgan fingerprint density at radius 1 is 0.962 bits per heavy atom. The Labute approximate surface area is 159 Å². The van der Waals surface area contributed by atoms with Crippen LogP contribution in [0.3, 0.4) is 0 Å². The number of carbonyl (C=O) groups is 1. The van der Waals surface area contributed by atoms with Crippen molar-refractivity contribution in [3.05, 3.63) is 23.4 Å². The van der Waals surface area contributed by atoms with Gasteiger partial charge in [0.2, 0.25) is 0 Å². The fourth-order valence-electron chi connectivity index (χ4n) is 7.51. The van der Waals surface area contributed by atoms with E-state index < -0.39 is 0 Å². The summed E-state index contributed by atoms with van der Waals surface area (Å²) < 4.78 is 0. The molecule has 0 unspecified atom stereocenters. The Morgan fingerprint density at radius 2 is 1.73 bits per heavy atom. The number of carbonyl (C=O) groups excluding carboxylic acids is 1. The number of Topliss-reactive ketones (excluding diaryl/α,β-unsaturated/α-hetero) is 1. The molecule has 0 bridgehead atoms. The number of likely N-dealkylation sites (tertiary alicyclic amines) is 1. The van der Waals surface area contributed by atoms with E-state index in [1.807, 2.05) is 0 Å². The van der Waals surface area contributed by atoms with Gasteiger partial charge in [0.1, 0.15) is 5.78 Å². The summed E-state index contributed by atoms with van der Waals surface area (Å²) in [6.45, 7) is 7.38. The zero-order chi connectivity index (χ0) is 17.9. The molecule has 1 heterocycles. The van der Waals surface area contributed by atoms with Crippen molar-refractivity contribution in [3.63, 3.8) is 0 Å². The highest BCUT2D eigenvalue weighted by molar-refractivity contribution is 5.87. The molecule has 1 aliphatic heterocycles. The lowest BCUT2D eigenvalue weighted by Gasteiger charge is -2.56. The number of hydrogen-bond donors (Lipinski definition) is 0. The summed E-state index contributed by atoms with van der Waals surface area (Å²) in [4.78, 5) is 15.2. The molecule has 1 saturated heterocycles. The maximum Gasteiger partial charge on any atom is 0.139 e. The molecule has 0 aromatic rings. The van der Waals surface area contributed by atoms with Crippen molar-refractivity contribution in [2.45, 2.75) is 78.1 Å². The Bertz CT molecular complexity index is 670. The number of nitrogens with zero attached hydrogens (tertiary/aromatic N) is 1. The van der Waals surface area contributed by atoms with Crippen LogP contribution in [0.25, 0.3) is 0 Å². The summed E-state index contributed by atoms with van der Waals surface area (Å²) in [6, 6.07) is 0. The van der Waals surface area contributed by atoms with E-state index >= 15 is 0 Å². The minimum atomic E-state index is 0.00629. The number of hydrogen-bond acceptors (Lipinski definition) is 2. The van der Waals surface area contributed by atoms with Gasteiger partial charge in [0.05, 0.1) is 0 Å². The first-order chi connectivity index (χ1) is 12.5. The number of allylic oxidation sites excluding steroid dienone is 4. The Morgan fingerprint density at radius 3 is 2.54 bits per heavy atom. The third-order valence-corrected chi connectivity index (χ3v) is 9.22. The molecular formula is C24H35NO. The van der Waals surface area contributed by atoms with Crippen molar-refractivity contribution in [1.82, 2.24) is 4.90 Å². The van der Waals surface area contributed by atoms with Gasteiger partial charge in [-0.05, 0) is 92.6 Å². The van der Waals surface area contributed by atoms with E-state index in [1.165, 1.54) is 58.0 Å². The lowest BCUT2D eigenvalue weighted by Crippen LogP contribution is -2.49. The summed E-state index contributed by atoms with van der Waals surface area (Å²) in [5.41, 5.74) is 3.61. The number of fused-ring (bicyclic) bond motifs is 5. The average molecular weight is 354 g/mol. The fraction of sp³-hybridized carbons (Fsp3) is 0.792. The van der Waals surface area contributed by atoms with Crippen LogP contribution in [0.5, 0.6) is 0 Å². The van der Waals surface area contributed by atoms with Gasteiger partial charge in [-0.25, -0.2) is 0 Å². The molecule has 2 heteroatoms. The summed E-state index contributed by atoms with van der Waals surface area (Å²) in [6.07, 6.45) is 17.5. The van der Waals surface area contributed by atoms with Crippen LogP contribution in [0.1, 0.15) is 78.1 Å². The van der Waals surface area contributed by atoms with E-state index in [0.717, 1.165) is 31.1 Å². The van der Waals surface area contributed by atoms with E-state index in [-0.39, 0.29) is 5.41 Å². The second-order valence-corrected chi connectivity index (χ2v) is 10.3. The lowest BCUT2D eigenvalue weighted by atomic mass is 9.48. The molecular weight excluding hydrogens is 318 g/mol. The van der Waals surface area contributed by atoms with E-state index in [9.17, 15) is 4.79 Å². The smallest absolute Gasteiger partial charge is 0.139 e. The van der Waals surface area contributed by atoms with E-state index in [0.29, 0.717) is 17.1 Å². The Kier molecular flexibility index (Phi) is 3.92. The Hall–Kier alpha value is -1.05. The predicted octanol–water partition coefficient (Wildman–Crippen LogP) is 5.50. The van der Waals surface area contributed by atoms with Gasteiger partial charge >= 0.3 is 0 Å². The van der Waals surface area contributed by atoms with Crippen molar-refractivity contribution in [2.24, 2.45) is 28.6 Å². The number of ketones is 1. The predicted molar refractivity (Wildman–Crippen MR) is 106 cm³/mol. The lowest BCUT2D eigenvalue weighted by molar-refractivity contribution is -0.131. The standard InChI is InChI=1S/C24H35NO/c1-23-12-10-18(25-14-4-3-5-15-25)16-17(23)6-7-19-20-8-9-22(26)24(20,2)13-11-21(19)23/h6,16,19-21H,3-5,7-15H2,1-2H3/t19-,20-,21-,23-,24-/m0/s1. The average Bonchev–Trinajstić information content (AvgIpc) is 2.97. The first-order valence-electron chi connectivity index (χ1n) is 11.2. The van der Waals surface area contributed by atoms with Crippen LogP contribution in [-0.4, -0.2) is 23.8 Å². The molecule has 0 N–H and O–H groups in total. The minimum absolute atomic E-state index is 0.00629. The van der Waals surface area contributed by atoms with Gasteiger partial charge in [-0.3, -0.25) is 4.79 Å². The largest absolute Gasteiger partial charge is 0.375 e. The first kappa shape index (κ1) is 17.1. The topological polar surface area (TPSA) is 20.3 Å². The van der Waals surface area contributed by atoms with E-state index in [1.54, 1.807) is 11.3 Å². The molecule has 2 nitrogen and oxygen atoms in total. The van der Waals surface area contributed by atoms with Crippen LogP contribution < -0.4 is 0 Å². The zero-order valence-electron chi connectivity index (χ0n) is 16.7. The zero-order valence-corrected chi connectivity index (χ0v) is 16.7. The number of piperidine rings is 1. The molecule has 5 aliphatic rings. The molecule has 0 amide bonds. The normalized spacial score (nSPS) is 45.4. The highest BCUT2D eigenvalue weighted by Gasteiger charge is 2.58. The van der Waals surface area contributed by atoms with Crippen molar-refractivity contribution in [3.8, 4) is 0 Å². The second kappa shape index (κ2) is 5.97. The molecule has 0 aromatic heterocycles. The summed E-state index contributed by atoms with van der Waals surface area (Å²) in [5.74, 6) is 2.76. The molecule has 4 aliphatic carbocycles. The molecule has 5 atom stereocenters. The molecule has 26 heavy (non-hydrogen) atoms. The van der Waals surface area contributed by atoms with Crippen LogP contribution in [-0.2, 0) is 4.79 Å². The van der Waals surface area contributed by atoms with Crippen molar-refractivity contribution in [2.75, 3.05) is 13.1 Å². The first-order valence-corrected chi connectivity index (χ1v) is 11.2. The van der Waals surface area contributed by atoms with Gasteiger partial charge in [-0.2, -0.15) is 0 Å². The highest BCUT2D eigenvalue weighted by Crippen LogP contribution is 2.63. The van der Waals surface area contributed by atoms with E-state index in [2.05, 4.69) is 30.9 Å². The van der Waals surface area contributed by atoms with E-state index in [4.69, 9.17) is 0 Å². The maximum absolute atomic E-state index is 12.6. The molecule has 3 fully saturated rings. The third kappa shape index (κ3) is 2.33. The second-order valence-electron chi connectivity index (χ2n) is 10.3. The van der Waals surface area contributed by atoms with Crippen molar-refractivity contribution in [1.29, 1.82) is 0 Å². The monoisotopic (exact) mass is 353 g/mol. The van der Waals surface area contributed by atoms with Crippen LogP contribution in [0.15, 0.2) is 23.4 Å². The quantitative estimate of drug-likeness (QED) is 0.620. The molecule has 2 saturated carbocycles. The summed E-state index contributed by atoms with van der Waals surface area (Å²) >= 11 is 0. The van der Waals surface area contributed by atoms with Gasteiger partial charge in [-0.1, -0.05) is 19.9 Å². The van der Waals surface area contributed by atoms with Gasteiger partial charge in [0.15, 0.2) is 0 Å². The van der Waals surface area contributed by atoms with Crippen LogP contribution in [0.2, 0.25) is 0 Å². The molecule has 0 radical (unpaired) electrons. The van der Waals surface area contributed by atoms with Gasteiger partial charge < -0.3 is 4.90 Å². The van der Waals surface area contributed by atoms with Gasteiger partial charge in [0.25, 0.3) is 0 Å². The highest BCUT2D eigenvalue weighted by atomic mass is 16.1. The van der Waals surface area contributed by atoms with Gasteiger partial charge in [-0.15, -0.1) is 0 Å². The molecule has 5 rings (SSSR count). The third-order valence-electron chi connectivity index (χ3n) is 9.22. The summed E-state index contributed by atoms with van der Waals surface area (Å²) in [5, 5.41) is 0. The Balaban J connectivity index is 1.44. The van der Waals surface area contributed by atoms with Crippen LogP contribution in [0.4, 0.5) is 0 Å². The SMILES string of the molecule is C[C@]12CCC(N3CCCCC3)=CC1=CC[C@@H]1[C@@H]2CC[C@]2(C)C(=O)CC[C@@H]12. The summed E-state index contributed by atoms with van der Waals surface area (Å²) in [7, 11) is 0. The molecule has 0 spiro atoms. The fourth-order valence-corrected chi connectivity index (χ4v) is 7.51. The van der Waals surface area contributed by atoms with Crippen LogP contribution in [0, 0.1) is 28.6 Å². The molecule has 142 valence electrons. The number of rotatable bonds is 1. The van der Waals surface area contributed by atoms with Gasteiger partial charge in [0, 0.05) is 30.6 Å². The van der Waals surface area contributed by atoms with Crippen molar-refractivity contribution < 1.29 is 4.79 Å². The van der Waals surface area contributed by atoms with Crippen molar-refractivity contribution >= 4 is 5.78 Å². The minimum Gasteiger partial charge on any atom is -0.375 e. The maximum atomic E-state index is 12.6. The van der Waals surface area contributed by atoms with Crippen LogP contribution >= 0.6 is 0 Å².